The van der Waals surface area contributed by atoms with E-state index in [1.54, 1.807) is 0 Å². The Kier molecular flexibility index (Phi) is 3.69. The highest BCUT2D eigenvalue weighted by Gasteiger charge is 2.62. The molecule has 1 aromatic rings. The van der Waals surface area contributed by atoms with Gasteiger partial charge in [0, 0.05) is 12.7 Å². The van der Waals surface area contributed by atoms with E-state index in [9.17, 15) is 26.7 Å². The topological polar surface area (TPSA) is 32.3 Å². The van der Waals surface area contributed by atoms with Crippen LogP contribution in [0.1, 0.15) is 17.2 Å². The molecule has 0 aliphatic carbocycles. The Morgan fingerprint density at radius 2 is 1.86 bits per heavy atom. The number of nitrogens with one attached hydrogen (secondary N) is 1. The van der Waals surface area contributed by atoms with Gasteiger partial charge in [0.15, 0.2) is 0 Å². The highest BCUT2D eigenvalue weighted by Crippen LogP contribution is 2.45. The number of carbonyl (C=O) groups is 1. The smallest absolute Gasteiger partial charge is 0.315 e. The van der Waals surface area contributed by atoms with Crippen molar-refractivity contribution in [2.45, 2.75) is 24.6 Å². The van der Waals surface area contributed by atoms with Crippen LogP contribution in [0.4, 0.5) is 27.6 Å². The summed E-state index contributed by atoms with van der Waals surface area (Å²) in [6, 6.07) is 1.57. The van der Waals surface area contributed by atoms with Gasteiger partial charge in [-0.05, 0) is 24.2 Å². The molecular formula is C13H13F5N2O. The lowest BCUT2D eigenvalue weighted by atomic mass is 9.97. The van der Waals surface area contributed by atoms with Crippen molar-refractivity contribution in [3.63, 3.8) is 0 Å². The molecule has 1 aromatic carbocycles. The van der Waals surface area contributed by atoms with E-state index in [2.05, 4.69) is 0 Å². The number of anilines is 1. The summed E-state index contributed by atoms with van der Waals surface area (Å²) in [5.41, 5.74) is 0.758. The van der Waals surface area contributed by atoms with Crippen LogP contribution in [0, 0.1) is 0 Å². The molecule has 0 saturated heterocycles. The van der Waals surface area contributed by atoms with Crippen molar-refractivity contribution in [3.8, 4) is 0 Å². The van der Waals surface area contributed by atoms with E-state index in [-0.39, 0.29) is 17.9 Å². The molecule has 3 nitrogen and oxygen atoms in total. The third-order valence-electron chi connectivity index (χ3n) is 3.54. The van der Waals surface area contributed by atoms with Crippen molar-refractivity contribution in [2.24, 2.45) is 0 Å². The molecule has 21 heavy (non-hydrogen) atoms. The number of benzene rings is 1. The number of nitrogens with zero attached hydrogens (tertiary/aromatic N) is 1. The average Bonchev–Trinajstić information content (AvgIpc) is 2.64. The third kappa shape index (κ3) is 2.48. The molecular weight excluding hydrogens is 295 g/mol. The van der Waals surface area contributed by atoms with Gasteiger partial charge in [0.2, 0.25) is 5.91 Å². The molecule has 1 atom stereocenters. The highest BCUT2D eigenvalue weighted by atomic mass is 19.4. The van der Waals surface area contributed by atoms with Gasteiger partial charge in [0.05, 0.1) is 6.42 Å². The maximum Gasteiger partial charge on any atom is 0.455 e. The predicted octanol–water partition coefficient (Wildman–Crippen LogP) is 2.66. The fourth-order valence-electron chi connectivity index (χ4n) is 2.39. The zero-order valence-corrected chi connectivity index (χ0v) is 11.3. The number of hydrogen-bond donors (Lipinski definition) is 1. The Hall–Kier alpha value is -1.70. The minimum Gasteiger partial charge on any atom is -0.315 e. The van der Waals surface area contributed by atoms with E-state index >= 15 is 0 Å². The van der Waals surface area contributed by atoms with E-state index in [0.29, 0.717) is 11.3 Å². The van der Waals surface area contributed by atoms with Gasteiger partial charge < -0.3 is 10.2 Å². The number of carbonyl (C=O) groups excluding carboxylic acids is 1. The average molecular weight is 308 g/mol. The molecule has 116 valence electrons. The van der Waals surface area contributed by atoms with Gasteiger partial charge in [0.1, 0.15) is 6.04 Å². The van der Waals surface area contributed by atoms with Crippen molar-refractivity contribution in [1.82, 2.24) is 5.32 Å². The van der Waals surface area contributed by atoms with Crippen molar-refractivity contribution in [2.75, 3.05) is 19.0 Å². The van der Waals surface area contributed by atoms with Crippen molar-refractivity contribution >= 4 is 11.6 Å². The number of likely N-dealkylation sites (N-methyl/N-ethyl adjacent to an activating group) is 1. The zero-order chi connectivity index (χ0) is 16.0. The third-order valence-corrected chi connectivity index (χ3v) is 3.54. The molecule has 0 bridgehead atoms. The SMILES string of the molecule is CNC(c1ccc2c(c1)CC(=O)N2C)C(F)(F)C(F)(F)F. The van der Waals surface area contributed by atoms with Crippen molar-refractivity contribution < 1.29 is 26.7 Å². The number of alkyl halides is 5. The van der Waals surface area contributed by atoms with Gasteiger partial charge in [-0.2, -0.15) is 22.0 Å². The first kappa shape index (κ1) is 15.7. The molecule has 2 rings (SSSR count). The van der Waals surface area contributed by atoms with Crippen LogP contribution in [0.15, 0.2) is 18.2 Å². The fourth-order valence-corrected chi connectivity index (χ4v) is 2.39. The van der Waals surface area contributed by atoms with Gasteiger partial charge in [-0.25, -0.2) is 0 Å². The van der Waals surface area contributed by atoms with Crippen LogP contribution in [0.25, 0.3) is 0 Å². The summed E-state index contributed by atoms with van der Waals surface area (Å²) < 4.78 is 64.5. The van der Waals surface area contributed by atoms with E-state index in [1.807, 2.05) is 5.32 Å². The predicted molar refractivity (Wildman–Crippen MR) is 66.4 cm³/mol. The minimum absolute atomic E-state index is 0.00625. The maximum atomic E-state index is 13.5. The maximum absolute atomic E-state index is 13.5. The zero-order valence-electron chi connectivity index (χ0n) is 11.3. The van der Waals surface area contributed by atoms with Gasteiger partial charge in [-0.3, -0.25) is 4.79 Å². The first-order valence-corrected chi connectivity index (χ1v) is 6.10. The molecule has 1 N–H and O–H groups in total. The van der Waals surface area contributed by atoms with Crippen LogP contribution in [-0.4, -0.2) is 32.1 Å². The summed E-state index contributed by atoms with van der Waals surface area (Å²) in [6.07, 6.45) is -5.67. The Bertz CT molecular complexity index is 570. The largest absolute Gasteiger partial charge is 0.455 e. The normalized spacial score (nSPS) is 17.1. The molecule has 1 heterocycles. The monoisotopic (exact) mass is 308 g/mol. The first-order chi connectivity index (χ1) is 9.59. The number of hydrogen-bond acceptors (Lipinski definition) is 2. The van der Waals surface area contributed by atoms with Crippen LogP contribution >= 0.6 is 0 Å². The number of halogens is 5. The lowest BCUT2D eigenvalue weighted by Crippen LogP contribution is -2.47. The van der Waals surface area contributed by atoms with Crippen LogP contribution in [0.3, 0.4) is 0 Å². The molecule has 0 spiro atoms. The molecule has 0 saturated carbocycles. The van der Waals surface area contributed by atoms with Crippen molar-refractivity contribution in [3.05, 3.63) is 29.3 Å². The van der Waals surface area contributed by atoms with Gasteiger partial charge in [0.25, 0.3) is 0 Å². The standard InChI is InChI=1S/C13H13F5N2O/c1-19-11(12(14,15)13(16,17)18)7-3-4-9-8(5-7)6-10(21)20(9)2/h3-5,11,19H,6H2,1-2H3. The number of rotatable bonds is 3. The Morgan fingerprint density at radius 1 is 1.24 bits per heavy atom. The molecule has 1 aliphatic rings. The molecule has 0 radical (unpaired) electrons. The number of fused-ring (bicyclic) bond motifs is 1. The molecule has 8 heteroatoms. The second-order valence-corrected chi connectivity index (χ2v) is 4.86. The fraction of sp³-hybridized carbons (Fsp3) is 0.462. The summed E-state index contributed by atoms with van der Waals surface area (Å²) in [5, 5.41) is 2.01. The van der Waals surface area contributed by atoms with Crippen LogP contribution in [0.2, 0.25) is 0 Å². The molecule has 1 unspecified atom stereocenters. The van der Waals surface area contributed by atoms with Crippen molar-refractivity contribution in [1.29, 1.82) is 0 Å². The Morgan fingerprint density at radius 3 is 2.38 bits per heavy atom. The van der Waals surface area contributed by atoms with E-state index in [4.69, 9.17) is 0 Å². The van der Waals surface area contributed by atoms with Crippen LogP contribution < -0.4 is 10.2 Å². The van der Waals surface area contributed by atoms with Crippen LogP contribution in [0.5, 0.6) is 0 Å². The lowest BCUT2D eigenvalue weighted by Gasteiger charge is -2.29. The Balaban J connectivity index is 2.42. The first-order valence-electron chi connectivity index (χ1n) is 6.10. The van der Waals surface area contributed by atoms with Gasteiger partial charge in [-0.15, -0.1) is 0 Å². The molecule has 1 amide bonds. The summed E-state index contributed by atoms with van der Waals surface area (Å²) in [4.78, 5) is 12.9. The van der Waals surface area contributed by atoms with E-state index in [1.165, 1.54) is 30.1 Å². The summed E-state index contributed by atoms with van der Waals surface area (Å²) in [7, 11) is 2.56. The Labute approximate surface area is 117 Å². The summed E-state index contributed by atoms with van der Waals surface area (Å²) >= 11 is 0. The van der Waals surface area contributed by atoms with Crippen LogP contribution in [-0.2, 0) is 11.2 Å². The summed E-state index contributed by atoms with van der Waals surface area (Å²) in [6.45, 7) is 0. The quantitative estimate of drug-likeness (QED) is 0.871. The molecule has 1 aliphatic heterocycles. The van der Waals surface area contributed by atoms with Gasteiger partial charge in [-0.1, -0.05) is 12.1 Å². The van der Waals surface area contributed by atoms with E-state index in [0.717, 1.165) is 7.05 Å². The number of amides is 1. The molecule has 0 aromatic heterocycles. The van der Waals surface area contributed by atoms with Gasteiger partial charge >= 0.3 is 12.1 Å². The van der Waals surface area contributed by atoms with E-state index < -0.39 is 18.1 Å². The minimum atomic E-state index is -5.66. The highest BCUT2D eigenvalue weighted by molar-refractivity contribution is 6.00. The lowest BCUT2D eigenvalue weighted by molar-refractivity contribution is -0.293. The summed E-state index contributed by atoms with van der Waals surface area (Å²) in [5.74, 6) is -5.14. The second-order valence-electron chi connectivity index (χ2n) is 4.86. The second kappa shape index (κ2) is 4.94. The molecule has 0 fully saturated rings.